The van der Waals surface area contributed by atoms with E-state index in [0.29, 0.717) is 5.56 Å². The number of carbonyl (C=O) groups excluding carboxylic acids is 1. The molecule has 0 saturated carbocycles. The average molecular weight is 388 g/mol. The van der Waals surface area contributed by atoms with Crippen molar-refractivity contribution in [2.45, 2.75) is 6.92 Å². The maximum atomic E-state index is 12.5. The maximum absolute atomic E-state index is 12.5. The number of rotatable bonds is 2. The van der Waals surface area contributed by atoms with Crippen LogP contribution in [0.3, 0.4) is 0 Å². The Hall–Kier alpha value is -1.95. The zero-order valence-corrected chi connectivity index (χ0v) is 13.6. The molecule has 0 aliphatic heterocycles. The molecule has 0 atom stereocenters. The molecule has 4 heteroatoms. The normalized spacial score (nSPS) is 10.6. The van der Waals surface area contributed by atoms with Gasteiger partial charge in [-0.25, -0.2) is 0 Å². The summed E-state index contributed by atoms with van der Waals surface area (Å²) < 4.78 is 1.04. The van der Waals surface area contributed by atoms with Crippen LogP contribution < -0.4 is 5.32 Å². The highest BCUT2D eigenvalue weighted by atomic mass is 127. The second-order valence-electron chi connectivity index (χ2n) is 4.79. The van der Waals surface area contributed by atoms with Crippen LogP contribution in [-0.2, 0) is 0 Å². The molecule has 1 heterocycles. The van der Waals surface area contributed by atoms with Crippen molar-refractivity contribution < 1.29 is 4.79 Å². The van der Waals surface area contributed by atoms with E-state index in [0.717, 1.165) is 25.7 Å². The lowest BCUT2D eigenvalue weighted by Gasteiger charge is -2.10. The summed E-state index contributed by atoms with van der Waals surface area (Å²) in [6.07, 6.45) is 1.73. The zero-order valence-electron chi connectivity index (χ0n) is 11.4. The van der Waals surface area contributed by atoms with Crippen molar-refractivity contribution in [1.82, 2.24) is 4.98 Å². The summed E-state index contributed by atoms with van der Waals surface area (Å²) in [5, 5.41) is 3.97. The molecule has 0 aliphatic rings. The fourth-order valence-electron chi connectivity index (χ4n) is 2.23. The number of carbonyl (C=O) groups is 1. The molecular formula is C17H13IN2O. The van der Waals surface area contributed by atoms with Gasteiger partial charge in [-0.15, -0.1) is 0 Å². The van der Waals surface area contributed by atoms with Gasteiger partial charge in [0, 0.05) is 20.7 Å². The molecule has 0 fully saturated rings. The van der Waals surface area contributed by atoms with Crippen LogP contribution in [-0.4, -0.2) is 10.9 Å². The third kappa shape index (κ3) is 2.90. The second-order valence-corrected chi connectivity index (χ2v) is 6.04. The molecule has 2 aromatic carbocycles. The van der Waals surface area contributed by atoms with Gasteiger partial charge in [-0.05, 0) is 59.3 Å². The maximum Gasteiger partial charge on any atom is 0.256 e. The molecule has 3 rings (SSSR count). The summed E-state index contributed by atoms with van der Waals surface area (Å²) in [7, 11) is 0. The van der Waals surface area contributed by atoms with Crippen LogP contribution in [0.15, 0.2) is 54.7 Å². The molecule has 0 unspecified atom stereocenters. The molecule has 21 heavy (non-hydrogen) atoms. The molecule has 3 nitrogen and oxygen atoms in total. The number of anilines is 1. The lowest BCUT2D eigenvalue weighted by Crippen LogP contribution is -2.14. The van der Waals surface area contributed by atoms with Crippen LogP contribution in [0.5, 0.6) is 0 Å². The SMILES string of the molecule is Cc1ccc(I)cc1C(=O)Nc1cccc2cccnc12. The molecule has 0 aliphatic carbocycles. The van der Waals surface area contributed by atoms with Crippen molar-refractivity contribution >= 4 is 45.1 Å². The number of benzene rings is 2. The van der Waals surface area contributed by atoms with Crippen molar-refractivity contribution in [1.29, 1.82) is 0 Å². The molecule has 0 saturated heterocycles. The second kappa shape index (κ2) is 5.81. The Morgan fingerprint density at radius 1 is 1.14 bits per heavy atom. The fourth-order valence-corrected chi connectivity index (χ4v) is 2.72. The number of nitrogens with one attached hydrogen (secondary N) is 1. The predicted molar refractivity (Wildman–Crippen MR) is 93.6 cm³/mol. The minimum absolute atomic E-state index is 0.107. The number of halogens is 1. The van der Waals surface area contributed by atoms with E-state index in [9.17, 15) is 4.79 Å². The zero-order chi connectivity index (χ0) is 14.8. The van der Waals surface area contributed by atoms with Crippen molar-refractivity contribution in [3.05, 3.63) is 69.4 Å². The number of para-hydroxylation sites is 1. The molecule has 0 bridgehead atoms. The van der Waals surface area contributed by atoms with E-state index in [4.69, 9.17) is 0 Å². The monoisotopic (exact) mass is 388 g/mol. The van der Waals surface area contributed by atoms with Gasteiger partial charge in [0.05, 0.1) is 11.2 Å². The van der Waals surface area contributed by atoms with Gasteiger partial charge < -0.3 is 5.32 Å². The lowest BCUT2D eigenvalue weighted by molar-refractivity contribution is 0.102. The van der Waals surface area contributed by atoms with E-state index >= 15 is 0 Å². The van der Waals surface area contributed by atoms with Crippen LogP contribution in [0.25, 0.3) is 10.9 Å². The Bertz CT molecular complexity index is 825. The van der Waals surface area contributed by atoms with Gasteiger partial charge in [-0.1, -0.05) is 24.3 Å². The minimum Gasteiger partial charge on any atom is -0.320 e. The summed E-state index contributed by atoms with van der Waals surface area (Å²) in [5.74, 6) is -0.107. The van der Waals surface area contributed by atoms with E-state index in [1.54, 1.807) is 6.20 Å². The summed E-state index contributed by atoms with van der Waals surface area (Å²) >= 11 is 2.21. The van der Waals surface area contributed by atoms with E-state index in [1.807, 2.05) is 55.5 Å². The Kier molecular flexibility index (Phi) is 3.88. The first-order valence-corrected chi connectivity index (χ1v) is 7.64. The molecule has 1 aromatic heterocycles. The van der Waals surface area contributed by atoms with E-state index in [2.05, 4.69) is 32.9 Å². The number of aromatic nitrogens is 1. The fraction of sp³-hybridized carbons (Fsp3) is 0.0588. The molecule has 3 aromatic rings. The summed E-state index contributed by atoms with van der Waals surface area (Å²) in [4.78, 5) is 16.8. The summed E-state index contributed by atoms with van der Waals surface area (Å²) in [6.45, 7) is 1.94. The number of hydrogen-bond acceptors (Lipinski definition) is 2. The Balaban J connectivity index is 1.99. The van der Waals surface area contributed by atoms with Crippen LogP contribution in [0, 0.1) is 10.5 Å². The largest absolute Gasteiger partial charge is 0.320 e. The van der Waals surface area contributed by atoms with E-state index < -0.39 is 0 Å². The Labute approximate surface area is 136 Å². The van der Waals surface area contributed by atoms with Crippen LogP contribution in [0.2, 0.25) is 0 Å². The predicted octanol–water partition coefficient (Wildman–Crippen LogP) is 4.40. The third-order valence-electron chi connectivity index (χ3n) is 3.33. The van der Waals surface area contributed by atoms with Crippen LogP contribution >= 0.6 is 22.6 Å². The quantitative estimate of drug-likeness (QED) is 0.662. The van der Waals surface area contributed by atoms with Crippen LogP contribution in [0.1, 0.15) is 15.9 Å². The van der Waals surface area contributed by atoms with Crippen LogP contribution in [0.4, 0.5) is 5.69 Å². The summed E-state index contributed by atoms with van der Waals surface area (Å²) in [5.41, 5.74) is 3.18. The summed E-state index contributed by atoms with van der Waals surface area (Å²) in [6, 6.07) is 15.5. The Morgan fingerprint density at radius 2 is 1.95 bits per heavy atom. The molecule has 1 amide bonds. The smallest absolute Gasteiger partial charge is 0.256 e. The van der Waals surface area contributed by atoms with Gasteiger partial charge in [0.25, 0.3) is 5.91 Å². The van der Waals surface area contributed by atoms with Gasteiger partial charge in [0.15, 0.2) is 0 Å². The molecule has 0 radical (unpaired) electrons. The van der Waals surface area contributed by atoms with E-state index in [-0.39, 0.29) is 5.91 Å². The molecular weight excluding hydrogens is 375 g/mol. The van der Waals surface area contributed by atoms with Gasteiger partial charge in [-0.2, -0.15) is 0 Å². The molecule has 104 valence electrons. The Morgan fingerprint density at radius 3 is 2.81 bits per heavy atom. The minimum atomic E-state index is -0.107. The highest BCUT2D eigenvalue weighted by Crippen LogP contribution is 2.22. The van der Waals surface area contributed by atoms with Gasteiger partial charge in [-0.3, -0.25) is 9.78 Å². The highest BCUT2D eigenvalue weighted by molar-refractivity contribution is 14.1. The lowest BCUT2D eigenvalue weighted by atomic mass is 10.1. The van der Waals surface area contributed by atoms with Gasteiger partial charge >= 0.3 is 0 Å². The molecule has 0 spiro atoms. The average Bonchev–Trinajstić information content (AvgIpc) is 2.50. The highest BCUT2D eigenvalue weighted by Gasteiger charge is 2.11. The van der Waals surface area contributed by atoms with Crippen molar-refractivity contribution in [3.8, 4) is 0 Å². The first-order chi connectivity index (χ1) is 10.1. The van der Waals surface area contributed by atoms with Crippen molar-refractivity contribution in [2.24, 2.45) is 0 Å². The first kappa shape index (κ1) is 14.0. The van der Waals surface area contributed by atoms with Gasteiger partial charge in [0.2, 0.25) is 0 Å². The van der Waals surface area contributed by atoms with Crippen molar-refractivity contribution in [2.75, 3.05) is 5.32 Å². The number of amides is 1. The number of hydrogen-bond donors (Lipinski definition) is 1. The van der Waals surface area contributed by atoms with Crippen molar-refractivity contribution in [3.63, 3.8) is 0 Å². The number of aryl methyl sites for hydroxylation is 1. The topological polar surface area (TPSA) is 42.0 Å². The number of nitrogens with zero attached hydrogens (tertiary/aromatic N) is 1. The first-order valence-electron chi connectivity index (χ1n) is 6.56. The third-order valence-corrected chi connectivity index (χ3v) is 4.00. The van der Waals surface area contributed by atoms with Gasteiger partial charge in [0.1, 0.15) is 0 Å². The standard InChI is InChI=1S/C17H13IN2O/c1-11-7-8-13(18)10-14(11)17(21)20-15-6-2-4-12-5-3-9-19-16(12)15/h2-10H,1H3,(H,20,21). The number of fused-ring (bicyclic) bond motifs is 1. The molecule has 1 N–H and O–H groups in total. The van der Waals surface area contributed by atoms with E-state index in [1.165, 1.54) is 0 Å². The number of pyridine rings is 1.